The molecule has 0 atom stereocenters. The van der Waals surface area contributed by atoms with Gasteiger partial charge in [0, 0.05) is 23.1 Å². The van der Waals surface area contributed by atoms with Gasteiger partial charge in [0.25, 0.3) is 0 Å². The van der Waals surface area contributed by atoms with Gasteiger partial charge in [0.2, 0.25) is 0 Å². The van der Waals surface area contributed by atoms with Crippen molar-refractivity contribution in [2.24, 2.45) is 0 Å². The molecule has 0 spiro atoms. The Morgan fingerprint density at radius 3 is 2.61 bits per heavy atom. The molecule has 0 amide bonds. The van der Waals surface area contributed by atoms with Gasteiger partial charge in [-0.2, -0.15) is 0 Å². The molecule has 0 aromatic heterocycles. The number of carbonyl (C=O) groups is 1. The van der Waals surface area contributed by atoms with Crippen LogP contribution in [0.25, 0.3) is 11.1 Å². The maximum atomic E-state index is 12.1. The summed E-state index contributed by atoms with van der Waals surface area (Å²) in [7, 11) is 0. The smallest absolute Gasteiger partial charge is 0.336 e. The van der Waals surface area contributed by atoms with E-state index in [-0.39, 0.29) is 11.7 Å². The minimum absolute atomic E-state index is 0.225. The highest BCUT2D eigenvalue weighted by Gasteiger charge is 2.29. The number of rotatable bonds is 5. The summed E-state index contributed by atoms with van der Waals surface area (Å²) in [6.07, 6.45) is 6.65. The van der Waals surface area contributed by atoms with Crippen LogP contribution in [0.1, 0.15) is 64.7 Å². The standard InChI is InChI=1S/C28H27ClO4/c1-17-23(16-32-19-10-3-2-4-11-19)26(29)25(20-12-6-7-13-21(20)28(30)31)22-15-18-9-5-8-14-24(18)33-27(17)22/h5-9,12-14,19H,2-4,10-11,15-16H2,1H3,(H,30,31). The van der Waals surface area contributed by atoms with E-state index in [1.165, 1.54) is 19.3 Å². The Hall–Kier alpha value is -2.82. The number of halogens is 1. The van der Waals surface area contributed by atoms with Crippen LogP contribution in [-0.4, -0.2) is 17.2 Å². The van der Waals surface area contributed by atoms with Crippen LogP contribution < -0.4 is 4.74 Å². The van der Waals surface area contributed by atoms with Crippen molar-refractivity contribution in [3.8, 4) is 22.6 Å². The van der Waals surface area contributed by atoms with E-state index in [0.29, 0.717) is 23.6 Å². The van der Waals surface area contributed by atoms with E-state index < -0.39 is 5.97 Å². The molecule has 0 radical (unpaired) electrons. The molecular weight excluding hydrogens is 436 g/mol. The van der Waals surface area contributed by atoms with Gasteiger partial charge in [-0.1, -0.05) is 67.3 Å². The SMILES string of the molecule is Cc1c(COC2CCCCC2)c(Cl)c(-c2ccccc2C(=O)O)c2c1Oc1ccccc1C2. The highest BCUT2D eigenvalue weighted by molar-refractivity contribution is 6.35. The number of aromatic carboxylic acids is 1. The molecule has 3 aromatic rings. The van der Waals surface area contributed by atoms with E-state index >= 15 is 0 Å². The quantitative estimate of drug-likeness (QED) is 0.332. The third-order valence-corrected chi connectivity index (χ3v) is 7.26. The number of benzene rings is 3. The Balaban J connectivity index is 1.66. The van der Waals surface area contributed by atoms with Crippen LogP contribution in [0.3, 0.4) is 0 Å². The minimum atomic E-state index is -0.979. The molecule has 1 N–H and O–H groups in total. The molecule has 1 saturated carbocycles. The molecule has 1 aliphatic heterocycles. The van der Waals surface area contributed by atoms with Gasteiger partial charge in [-0.3, -0.25) is 0 Å². The van der Waals surface area contributed by atoms with Crippen LogP contribution in [0.5, 0.6) is 11.5 Å². The molecule has 5 heteroatoms. The summed E-state index contributed by atoms with van der Waals surface area (Å²) in [4.78, 5) is 12.1. The molecule has 2 aliphatic rings. The zero-order valence-electron chi connectivity index (χ0n) is 18.7. The van der Waals surface area contributed by atoms with E-state index in [0.717, 1.165) is 52.2 Å². The summed E-state index contributed by atoms with van der Waals surface area (Å²) in [5.41, 5.74) is 5.36. The van der Waals surface area contributed by atoms with E-state index in [4.69, 9.17) is 21.1 Å². The number of ether oxygens (including phenoxy) is 2. The van der Waals surface area contributed by atoms with Gasteiger partial charge in [0.15, 0.2) is 0 Å². The van der Waals surface area contributed by atoms with Crippen molar-refractivity contribution in [1.29, 1.82) is 0 Å². The maximum absolute atomic E-state index is 12.1. The first-order valence-electron chi connectivity index (χ1n) is 11.6. The van der Waals surface area contributed by atoms with Crippen LogP contribution in [0.4, 0.5) is 0 Å². The first-order valence-corrected chi connectivity index (χ1v) is 12.0. The first kappa shape index (κ1) is 22.0. The van der Waals surface area contributed by atoms with Gasteiger partial charge in [-0.05, 0) is 48.6 Å². The lowest BCUT2D eigenvalue weighted by molar-refractivity contribution is 0.0166. The van der Waals surface area contributed by atoms with E-state index in [2.05, 4.69) is 0 Å². The molecule has 0 saturated heterocycles. The molecule has 3 aromatic carbocycles. The predicted octanol–water partition coefficient (Wildman–Crippen LogP) is 7.56. The molecule has 0 unspecified atom stereocenters. The predicted molar refractivity (Wildman–Crippen MR) is 130 cm³/mol. The highest BCUT2D eigenvalue weighted by Crippen LogP contribution is 2.49. The van der Waals surface area contributed by atoms with E-state index in [9.17, 15) is 9.90 Å². The van der Waals surface area contributed by atoms with Gasteiger partial charge in [0.1, 0.15) is 11.5 Å². The molecular formula is C28H27ClO4. The lowest BCUT2D eigenvalue weighted by Crippen LogP contribution is -2.17. The zero-order chi connectivity index (χ0) is 22.9. The van der Waals surface area contributed by atoms with Crippen LogP contribution in [0, 0.1) is 6.92 Å². The van der Waals surface area contributed by atoms with Gasteiger partial charge >= 0.3 is 5.97 Å². The second-order valence-corrected chi connectivity index (χ2v) is 9.29. The molecule has 1 heterocycles. The Morgan fingerprint density at radius 2 is 1.82 bits per heavy atom. The fourth-order valence-corrected chi connectivity index (χ4v) is 5.47. The van der Waals surface area contributed by atoms with Crippen LogP contribution >= 0.6 is 11.6 Å². The van der Waals surface area contributed by atoms with Crippen molar-refractivity contribution >= 4 is 17.6 Å². The Bertz CT molecular complexity index is 1210. The van der Waals surface area contributed by atoms with Gasteiger partial charge in [-0.15, -0.1) is 0 Å². The number of hydrogen-bond donors (Lipinski definition) is 1. The average Bonchev–Trinajstić information content (AvgIpc) is 2.84. The molecule has 1 fully saturated rings. The molecule has 4 nitrogen and oxygen atoms in total. The minimum Gasteiger partial charge on any atom is -0.478 e. The zero-order valence-corrected chi connectivity index (χ0v) is 19.5. The normalized spacial score (nSPS) is 15.5. The summed E-state index contributed by atoms with van der Waals surface area (Å²) < 4.78 is 12.7. The summed E-state index contributed by atoms with van der Waals surface area (Å²) in [6.45, 7) is 2.40. The Labute approximate surface area is 199 Å². The lowest BCUT2D eigenvalue weighted by atomic mass is 9.86. The summed E-state index contributed by atoms with van der Waals surface area (Å²) in [5, 5.41) is 10.4. The Kier molecular flexibility index (Phi) is 6.13. The van der Waals surface area contributed by atoms with Crippen molar-refractivity contribution < 1.29 is 19.4 Å². The Morgan fingerprint density at radius 1 is 1.09 bits per heavy atom. The second-order valence-electron chi connectivity index (χ2n) is 8.91. The van der Waals surface area contributed by atoms with Crippen LogP contribution in [0.2, 0.25) is 5.02 Å². The third kappa shape index (κ3) is 4.14. The number of para-hydroxylation sites is 1. The van der Waals surface area contributed by atoms with E-state index in [1.54, 1.807) is 12.1 Å². The van der Waals surface area contributed by atoms with Gasteiger partial charge in [0.05, 0.1) is 23.3 Å². The van der Waals surface area contributed by atoms with Gasteiger partial charge in [-0.25, -0.2) is 4.79 Å². The molecule has 1 aliphatic carbocycles. The molecule has 0 bridgehead atoms. The summed E-state index contributed by atoms with van der Waals surface area (Å²) in [6, 6.07) is 15.0. The molecule has 5 rings (SSSR count). The average molecular weight is 463 g/mol. The maximum Gasteiger partial charge on any atom is 0.336 e. The monoisotopic (exact) mass is 462 g/mol. The topological polar surface area (TPSA) is 55.8 Å². The number of fused-ring (bicyclic) bond motifs is 2. The molecule has 170 valence electrons. The number of carboxylic acid groups (broad SMARTS) is 1. The molecule has 33 heavy (non-hydrogen) atoms. The highest BCUT2D eigenvalue weighted by atomic mass is 35.5. The summed E-state index contributed by atoms with van der Waals surface area (Å²) in [5.74, 6) is 0.607. The fraction of sp³-hybridized carbons (Fsp3) is 0.321. The third-order valence-electron chi connectivity index (χ3n) is 6.85. The van der Waals surface area contributed by atoms with Crippen LogP contribution in [-0.2, 0) is 17.8 Å². The largest absolute Gasteiger partial charge is 0.478 e. The number of carboxylic acids is 1. The fourth-order valence-electron chi connectivity index (χ4n) is 5.05. The number of hydrogen-bond acceptors (Lipinski definition) is 3. The second kappa shape index (κ2) is 9.20. The van der Waals surface area contributed by atoms with Crippen molar-refractivity contribution in [2.45, 2.75) is 58.2 Å². The summed E-state index contributed by atoms with van der Waals surface area (Å²) >= 11 is 7.08. The van der Waals surface area contributed by atoms with Crippen LogP contribution in [0.15, 0.2) is 48.5 Å². The van der Waals surface area contributed by atoms with Crippen molar-refractivity contribution in [3.05, 3.63) is 81.4 Å². The van der Waals surface area contributed by atoms with Crippen molar-refractivity contribution in [1.82, 2.24) is 0 Å². The van der Waals surface area contributed by atoms with Gasteiger partial charge < -0.3 is 14.6 Å². The van der Waals surface area contributed by atoms with Crippen molar-refractivity contribution in [2.75, 3.05) is 0 Å². The van der Waals surface area contributed by atoms with Crippen molar-refractivity contribution in [3.63, 3.8) is 0 Å². The van der Waals surface area contributed by atoms with E-state index in [1.807, 2.05) is 43.3 Å². The first-order chi connectivity index (χ1) is 16.0. The lowest BCUT2D eigenvalue weighted by Gasteiger charge is -2.29.